The molecule has 2 unspecified atom stereocenters. The third kappa shape index (κ3) is 3.81. The quantitative estimate of drug-likeness (QED) is 0.906. The second kappa shape index (κ2) is 6.86. The molecule has 110 valence electrons. The number of amides is 1. The van der Waals surface area contributed by atoms with Crippen molar-refractivity contribution in [3.8, 4) is 0 Å². The first-order valence-corrected chi connectivity index (χ1v) is 7.28. The molecular formula is C16H24N2O2. The molecule has 1 heterocycles. The third-order valence-corrected chi connectivity index (χ3v) is 3.81. The van der Waals surface area contributed by atoms with Crippen molar-refractivity contribution >= 4 is 5.91 Å². The molecule has 4 heteroatoms. The summed E-state index contributed by atoms with van der Waals surface area (Å²) in [6.45, 7) is 5.83. The predicted octanol–water partition coefficient (Wildman–Crippen LogP) is 1.50. The first kappa shape index (κ1) is 15.0. The number of hydrogen-bond donors (Lipinski definition) is 1. The molecule has 1 aliphatic rings. The second-order valence-corrected chi connectivity index (χ2v) is 5.53. The minimum absolute atomic E-state index is 0.0267. The summed E-state index contributed by atoms with van der Waals surface area (Å²) in [5, 5.41) is 0. The predicted molar refractivity (Wildman–Crippen MR) is 79.5 cm³/mol. The second-order valence-electron chi connectivity index (χ2n) is 5.53. The van der Waals surface area contributed by atoms with Crippen molar-refractivity contribution in [3.63, 3.8) is 0 Å². The molecule has 1 aliphatic heterocycles. The molecule has 1 fully saturated rings. The van der Waals surface area contributed by atoms with Crippen LogP contribution in [0.1, 0.15) is 24.5 Å². The topological polar surface area (TPSA) is 55.6 Å². The highest BCUT2D eigenvalue weighted by Crippen LogP contribution is 2.14. The van der Waals surface area contributed by atoms with Crippen LogP contribution in [0.2, 0.25) is 0 Å². The van der Waals surface area contributed by atoms with Crippen molar-refractivity contribution < 1.29 is 9.53 Å². The third-order valence-electron chi connectivity index (χ3n) is 3.81. The first-order chi connectivity index (χ1) is 9.60. The van der Waals surface area contributed by atoms with E-state index in [-0.39, 0.29) is 18.1 Å². The summed E-state index contributed by atoms with van der Waals surface area (Å²) in [5.74, 6) is 0.196. The van der Waals surface area contributed by atoms with E-state index in [4.69, 9.17) is 10.5 Å². The molecule has 0 spiro atoms. The van der Waals surface area contributed by atoms with Gasteiger partial charge in [0.2, 0.25) is 5.91 Å². The van der Waals surface area contributed by atoms with Crippen LogP contribution in [0.5, 0.6) is 0 Å². The molecule has 1 amide bonds. The lowest BCUT2D eigenvalue weighted by Crippen LogP contribution is -2.51. The van der Waals surface area contributed by atoms with Gasteiger partial charge in [-0.2, -0.15) is 0 Å². The summed E-state index contributed by atoms with van der Waals surface area (Å²) in [6.07, 6.45) is 1.39. The van der Waals surface area contributed by atoms with Gasteiger partial charge in [0, 0.05) is 26.1 Å². The number of carbonyl (C=O) groups excluding carboxylic acids is 1. The minimum Gasteiger partial charge on any atom is -0.370 e. The normalized spacial score (nSPS) is 22.9. The maximum absolute atomic E-state index is 12.3. The molecule has 4 nitrogen and oxygen atoms in total. The Morgan fingerprint density at radius 3 is 2.85 bits per heavy atom. The Labute approximate surface area is 120 Å². The molecule has 0 bridgehead atoms. The lowest BCUT2D eigenvalue weighted by molar-refractivity contribution is -0.143. The van der Waals surface area contributed by atoms with Gasteiger partial charge in [0.05, 0.1) is 12.2 Å². The van der Waals surface area contributed by atoms with Crippen molar-refractivity contribution in [1.29, 1.82) is 0 Å². The largest absolute Gasteiger partial charge is 0.370 e. The Morgan fingerprint density at radius 1 is 1.40 bits per heavy atom. The number of benzene rings is 1. The zero-order valence-corrected chi connectivity index (χ0v) is 12.3. The van der Waals surface area contributed by atoms with Gasteiger partial charge in [-0.3, -0.25) is 4.79 Å². The van der Waals surface area contributed by atoms with E-state index < -0.39 is 0 Å². The number of aryl methyl sites for hydroxylation is 2. The van der Waals surface area contributed by atoms with Crippen LogP contribution in [0, 0.1) is 6.92 Å². The Kier molecular flexibility index (Phi) is 5.15. The average molecular weight is 276 g/mol. The monoisotopic (exact) mass is 276 g/mol. The molecule has 0 aliphatic carbocycles. The average Bonchev–Trinajstić information content (AvgIpc) is 2.45. The summed E-state index contributed by atoms with van der Waals surface area (Å²) in [6, 6.07) is 8.22. The van der Waals surface area contributed by atoms with Gasteiger partial charge in [0.25, 0.3) is 0 Å². The maximum Gasteiger partial charge on any atom is 0.223 e. The van der Waals surface area contributed by atoms with Crippen LogP contribution in [0.4, 0.5) is 0 Å². The Hall–Kier alpha value is -1.39. The number of nitrogens with zero attached hydrogens (tertiary/aromatic N) is 1. The fourth-order valence-electron chi connectivity index (χ4n) is 2.67. The van der Waals surface area contributed by atoms with Crippen LogP contribution in [-0.2, 0) is 16.0 Å². The smallest absolute Gasteiger partial charge is 0.223 e. The molecule has 2 rings (SSSR count). The molecular weight excluding hydrogens is 252 g/mol. The zero-order chi connectivity index (χ0) is 14.5. The fraction of sp³-hybridized carbons (Fsp3) is 0.562. The van der Waals surface area contributed by atoms with Crippen LogP contribution in [0.25, 0.3) is 0 Å². The van der Waals surface area contributed by atoms with Gasteiger partial charge in [-0.05, 0) is 31.4 Å². The van der Waals surface area contributed by atoms with Crippen molar-refractivity contribution in [1.82, 2.24) is 4.90 Å². The van der Waals surface area contributed by atoms with Crippen molar-refractivity contribution in [2.45, 2.75) is 38.9 Å². The van der Waals surface area contributed by atoms with Crippen molar-refractivity contribution in [2.75, 3.05) is 19.6 Å². The SMILES string of the molecule is Cc1ccccc1CCC(=O)N1CC(C)OC(CN)C1. The highest BCUT2D eigenvalue weighted by molar-refractivity contribution is 5.76. The number of rotatable bonds is 4. The van der Waals surface area contributed by atoms with Gasteiger partial charge in [0.15, 0.2) is 0 Å². The van der Waals surface area contributed by atoms with E-state index in [1.165, 1.54) is 11.1 Å². The van der Waals surface area contributed by atoms with Gasteiger partial charge >= 0.3 is 0 Å². The Balaban J connectivity index is 1.90. The maximum atomic E-state index is 12.3. The first-order valence-electron chi connectivity index (χ1n) is 7.28. The molecule has 1 aromatic carbocycles. The summed E-state index contributed by atoms with van der Waals surface area (Å²) in [4.78, 5) is 14.2. The van der Waals surface area contributed by atoms with Crippen molar-refractivity contribution in [2.24, 2.45) is 5.73 Å². The standard InChI is InChI=1S/C16H24N2O2/c1-12-5-3-4-6-14(12)7-8-16(19)18-10-13(2)20-15(9-17)11-18/h3-6,13,15H,7-11,17H2,1-2H3. The van der Waals surface area contributed by atoms with E-state index in [0.29, 0.717) is 26.1 Å². The van der Waals surface area contributed by atoms with Gasteiger partial charge in [-0.25, -0.2) is 0 Å². The lowest BCUT2D eigenvalue weighted by Gasteiger charge is -2.36. The summed E-state index contributed by atoms with van der Waals surface area (Å²) < 4.78 is 5.68. The number of ether oxygens (including phenoxy) is 1. The van der Waals surface area contributed by atoms with Crippen LogP contribution >= 0.6 is 0 Å². The van der Waals surface area contributed by atoms with Crippen LogP contribution in [-0.4, -0.2) is 42.6 Å². The van der Waals surface area contributed by atoms with Crippen LogP contribution in [0.15, 0.2) is 24.3 Å². The van der Waals surface area contributed by atoms with E-state index in [1.54, 1.807) is 0 Å². The van der Waals surface area contributed by atoms with Crippen molar-refractivity contribution in [3.05, 3.63) is 35.4 Å². The Bertz CT molecular complexity index is 462. The molecule has 1 aromatic rings. The molecule has 0 radical (unpaired) electrons. The Morgan fingerprint density at radius 2 is 2.15 bits per heavy atom. The number of morpholine rings is 1. The summed E-state index contributed by atoms with van der Waals surface area (Å²) >= 11 is 0. The van der Waals surface area contributed by atoms with Gasteiger partial charge in [0.1, 0.15) is 0 Å². The number of carbonyl (C=O) groups is 1. The van der Waals surface area contributed by atoms with E-state index in [2.05, 4.69) is 19.1 Å². The number of hydrogen-bond acceptors (Lipinski definition) is 3. The summed E-state index contributed by atoms with van der Waals surface area (Å²) in [5.41, 5.74) is 8.14. The molecule has 20 heavy (non-hydrogen) atoms. The van der Waals surface area contributed by atoms with Crippen LogP contribution in [0.3, 0.4) is 0 Å². The van der Waals surface area contributed by atoms with Crippen LogP contribution < -0.4 is 5.73 Å². The molecule has 1 saturated heterocycles. The van der Waals surface area contributed by atoms with E-state index in [1.807, 2.05) is 24.0 Å². The number of nitrogens with two attached hydrogens (primary N) is 1. The lowest BCUT2D eigenvalue weighted by atomic mass is 10.0. The zero-order valence-electron chi connectivity index (χ0n) is 12.3. The van der Waals surface area contributed by atoms with E-state index in [9.17, 15) is 4.79 Å². The highest BCUT2D eigenvalue weighted by Gasteiger charge is 2.27. The van der Waals surface area contributed by atoms with E-state index in [0.717, 1.165) is 6.42 Å². The minimum atomic E-state index is -0.0267. The molecule has 0 aromatic heterocycles. The van der Waals surface area contributed by atoms with Gasteiger partial charge in [-0.1, -0.05) is 24.3 Å². The molecule has 2 N–H and O–H groups in total. The van der Waals surface area contributed by atoms with Gasteiger partial charge < -0.3 is 15.4 Å². The van der Waals surface area contributed by atoms with E-state index >= 15 is 0 Å². The molecule has 0 saturated carbocycles. The fourth-order valence-corrected chi connectivity index (χ4v) is 2.67. The summed E-state index contributed by atoms with van der Waals surface area (Å²) in [7, 11) is 0. The highest BCUT2D eigenvalue weighted by atomic mass is 16.5. The molecule has 2 atom stereocenters. The van der Waals surface area contributed by atoms with Gasteiger partial charge in [-0.15, -0.1) is 0 Å².